The third kappa shape index (κ3) is 5.29. The van der Waals surface area contributed by atoms with Crippen molar-refractivity contribution < 1.29 is 14.4 Å². The molecule has 1 rings (SSSR count). The number of methoxy groups -OCH3 is 1. The average molecular weight is 251 g/mol. The zero-order valence-electron chi connectivity index (χ0n) is 11.4. The minimum Gasteiger partial charge on any atom is -0.468 e. The van der Waals surface area contributed by atoms with Crippen LogP contribution >= 0.6 is 0 Å². The van der Waals surface area contributed by atoms with Crippen molar-refractivity contribution in [2.45, 2.75) is 38.8 Å². The third-order valence-electron chi connectivity index (χ3n) is 2.28. The topological polar surface area (TPSA) is 47.6 Å². The number of esters is 1. The Balaban J connectivity index is 2.65. The zero-order chi connectivity index (χ0) is 13.6. The monoisotopic (exact) mass is 251 g/mol. The molecule has 0 amide bonds. The van der Waals surface area contributed by atoms with E-state index in [0.29, 0.717) is 6.42 Å². The summed E-state index contributed by atoms with van der Waals surface area (Å²) in [6.45, 7) is 5.74. The predicted molar refractivity (Wildman–Crippen MR) is 69.9 cm³/mol. The zero-order valence-corrected chi connectivity index (χ0v) is 11.4. The molecule has 0 radical (unpaired) electrons. The molecule has 0 aliphatic rings. The van der Waals surface area contributed by atoms with E-state index in [9.17, 15) is 4.79 Å². The van der Waals surface area contributed by atoms with E-state index in [2.05, 4.69) is 5.48 Å². The first-order valence-corrected chi connectivity index (χ1v) is 5.97. The summed E-state index contributed by atoms with van der Waals surface area (Å²) in [5.74, 6) is -0.330. The minimum absolute atomic E-state index is 0.330. The maximum Gasteiger partial charge on any atom is 0.325 e. The molecule has 0 saturated carbocycles. The Hall–Kier alpha value is -1.39. The summed E-state index contributed by atoms with van der Waals surface area (Å²) in [7, 11) is 1.37. The lowest BCUT2D eigenvalue weighted by Gasteiger charge is -2.23. The van der Waals surface area contributed by atoms with Gasteiger partial charge in [-0.2, -0.15) is 5.48 Å². The first-order valence-electron chi connectivity index (χ1n) is 5.97. The lowest BCUT2D eigenvalue weighted by atomic mass is 10.1. The van der Waals surface area contributed by atoms with Crippen LogP contribution in [0.3, 0.4) is 0 Å². The predicted octanol–water partition coefficient (Wildman–Crippen LogP) is 2.09. The Bertz CT molecular complexity index is 370. The van der Waals surface area contributed by atoms with Gasteiger partial charge in [0.2, 0.25) is 0 Å². The maximum atomic E-state index is 11.7. The number of hydrogen-bond donors (Lipinski definition) is 1. The van der Waals surface area contributed by atoms with Gasteiger partial charge in [0.05, 0.1) is 12.7 Å². The van der Waals surface area contributed by atoms with Gasteiger partial charge in [-0.3, -0.25) is 9.63 Å². The highest BCUT2D eigenvalue weighted by Gasteiger charge is 2.22. The summed E-state index contributed by atoms with van der Waals surface area (Å²) < 4.78 is 4.77. The highest BCUT2D eigenvalue weighted by Crippen LogP contribution is 2.08. The van der Waals surface area contributed by atoms with Crippen LogP contribution in [0.25, 0.3) is 0 Å². The Morgan fingerprint density at radius 3 is 2.39 bits per heavy atom. The molecular weight excluding hydrogens is 230 g/mol. The van der Waals surface area contributed by atoms with Gasteiger partial charge in [-0.15, -0.1) is 0 Å². The first-order chi connectivity index (χ1) is 8.42. The van der Waals surface area contributed by atoms with Crippen LogP contribution in [0.1, 0.15) is 26.3 Å². The lowest BCUT2D eigenvalue weighted by Crippen LogP contribution is -2.43. The quantitative estimate of drug-likeness (QED) is 0.643. The first kappa shape index (κ1) is 14.7. The lowest BCUT2D eigenvalue weighted by molar-refractivity contribution is -0.153. The Morgan fingerprint density at radius 1 is 1.28 bits per heavy atom. The Morgan fingerprint density at radius 2 is 1.89 bits per heavy atom. The minimum atomic E-state index is -0.503. The van der Waals surface area contributed by atoms with Crippen LogP contribution < -0.4 is 5.48 Å². The SMILES string of the molecule is COC(=O)[C@H](Cc1ccccc1)NOC(C)(C)C. The van der Waals surface area contributed by atoms with Crippen LogP contribution in [0.5, 0.6) is 0 Å². The second-order valence-electron chi connectivity index (χ2n) is 5.10. The average Bonchev–Trinajstić information content (AvgIpc) is 2.33. The van der Waals surface area contributed by atoms with Crippen molar-refractivity contribution in [2.24, 2.45) is 0 Å². The molecule has 0 unspecified atom stereocenters. The molecule has 4 heteroatoms. The molecule has 0 spiro atoms. The summed E-state index contributed by atoms with van der Waals surface area (Å²) in [5.41, 5.74) is 3.48. The van der Waals surface area contributed by atoms with Crippen molar-refractivity contribution in [3.63, 3.8) is 0 Å². The molecule has 0 aliphatic carbocycles. The van der Waals surface area contributed by atoms with Crippen molar-refractivity contribution >= 4 is 5.97 Å². The number of carbonyl (C=O) groups is 1. The van der Waals surface area contributed by atoms with Gasteiger partial charge in [-0.1, -0.05) is 30.3 Å². The number of ether oxygens (including phenoxy) is 1. The van der Waals surface area contributed by atoms with Crippen molar-refractivity contribution in [3.05, 3.63) is 35.9 Å². The normalized spacial score (nSPS) is 13.1. The molecule has 1 aromatic rings. The molecule has 18 heavy (non-hydrogen) atoms. The van der Waals surface area contributed by atoms with Gasteiger partial charge in [-0.05, 0) is 26.3 Å². The molecule has 100 valence electrons. The van der Waals surface area contributed by atoms with Gasteiger partial charge in [0.1, 0.15) is 6.04 Å². The molecule has 0 aliphatic heterocycles. The summed E-state index contributed by atoms with van der Waals surface area (Å²) in [5, 5.41) is 0. The Labute approximate surface area is 108 Å². The van der Waals surface area contributed by atoms with Gasteiger partial charge in [0.25, 0.3) is 0 Å². The number of benzene rings is 1. The second-order valence-corrected chi connectivity index (χ2v) is 5.10. The fourth-order valence-corrected chi connectivity index (χ4v) is 1.41. The number of hydrogen-bond acceptors (Lipinski definition) is 4. The smallest absolute Gasteiger partial charge is 0.325 e. The number of hydroxylamine groups is 1. The second kappa shape index (κ2) is 6.52. The third-order valence-corrected chi connectivity index (χ3v) is 2.28. The molecule has 1 N–H and O–H groups in total. The van der Waals surface area contributed by atoms with Crippen LogP contribution in [0.4, 0.5) is 0 Å². The van der Waals surface area contributed by atoms with Crippen LogP contribution in [-0.2, 0) is 20.8 Å². The molecular formula is C14H21NO3. The molecule has 0 saturated heterocycles. The van der Waals surface area contributed by atoms with E-state index in [1.807, 2.05) is 51.1 Å². The highest BCUT2D eigenvalue weighted by molar-refractivity contribution is 5.75. The van der Waals surface area contributed by atoms with E-state index >= 15 is 0 Å². The molecule has 0 aromatic heterocycles. The number of rotatable bonds is 5. The highest BCUT2D eigenvalue weighted by atomic mass is 16.7. The van der Waals surface area contributed by atoms with E-state index < -0.39 is 6.04 Å². The van der Waals surface area contributed by atoms with E-state index in [1.54, 1.807) is 0 Å². The largest absolute Gasteiger partial charge is 0.468 e. The van der Waals surface area contributed by atoms with Gasteiger partial charge < -0.3 is 4.74 Å². The summed E-state index contributed by atoms with van der Waals surface area (Å²) in [6.07, 6.45) is 0.531. The summed E-state index contributed by atoms with van der Waals surface area (Å²) in [4.78, 5) is 17.1. The summed E-state index contributed by atoms with van der Waals surface area (Å²) >= 11 is 0. The molecule has 0 heterocycles. The van der Waals surface area contributed by atoms with Gasteiger partial charge in [0, 0.05) is 6.42 Å². The maximum absolute atomic E-state index is 11.7. The van der Waals surface area contributed by atoms with Gasteiger partial charge in [0.15, 0.2) is 0 Å². The van der Waals surface area contributed by atoms with Crippen molar-refractivity contribution in [1.29, 1.82) is 0 Å². The Kier molecular flexibility index (Phi) is 5.31. The molecule has 0 fully saturated rings. The standard InChI is InChI=1S/C14H21NO3/c1-14(2,3)18-15-12(13(16)17-4)10-11-8-6-5-7-9-11/h5-9,12,15H,10H2,1-4H3/t12-/m0/s1. The van der Waals surface area contributed by atoms with E-state index in [4.69, 9.17) is 9.57 Å². The molecule has 1 atom stereocenters. The molecule has 0 bridgehead atoms. The number of nitrogens with one attached hydrogen (secondary N) is 1. The van der Waals surface area contributed by atoms with E-state index in [1.165, 1.54) is 7.11 Å². The van der Waals surface area contributed by atoms with Crippen LogP contribution in [0.15, 0.2) is 30.3 Å². The van der Waals surface area contributed by atoms with Gasteiger partial charge in [-0.25, -0.2) is 0 Å². The summed E-state index contributed by atoms with van der Waals surface area (Å²) in [6, 6.07) is 9.25. The van der Waals surface area contributed by atoms with E-state index in [0.717, 1.165) is 5.56 Å². The van der Waals surface area contributed by atoms with Crippen LogP contribution in [0, 0.1) is 0 Å². The van der Waals surface area contributed by atoms with Crippen molar-refractivity contribution in [3.8, 4) is 0 Å². The van der Waals surface area contributed by atoms with Crippen molar-refractivity contribution in [1.82, 2.24) is 5.48 Å². The van der Waals surface area contributed by atoms with Crippen LogP contribution in [-0.4, -0.2) is 24.7 Å². The molecule has 1 aromatic carbocycles. The fourth-order valence-electron chi connectivity index (χ4n) is 1.41. The van der Waals surface area contributed by atoms with Crippen molar-refractivity contribution in [2.75, 3.05) is 7.11 Å². The fraction of sp³-hybridized carbons (Fsp3) is 0.500. The van der Waals surface area contributed by atoms with Gasteiger partial charge >= 0.3 is 5.97 Å². The molecule has 4 nitrogen and oxygen atoms in total. The van der Waals surface area contributed by atoms with Crippen LogP contribution in [0.2, 0.25) is 0 Å². The van der Waals surface area contributed by atoms with E-state index in [-0.39, 0.29) is 11.6 Å². The number of carbonyl (C=O) groups excluding carboxylic acids is 1.